The highest BCUT2D eigenvalue weighted by molar-refractivity contribution is 4.65. The third-order valence-corrected chi connectivity index (χ3v) is 2.77. The van der Waals surface area contributed by atoms with Crippen molar-refractivity contribution >= 4 is 0 Å². The third-order valence-electron chi connectivity index (χ3n) is 2.77. The molecule has 0 bridgehead atoms. The first-order valence-electron chi connectivity index (χ1n) is 5.75. The Morgan fingerprint density at radius 3 is 2.57 bits per heavy atom. The van der Waals surface area contributed by atoms with Crippen molar-refractivity contribution in [2.75, 3.05) is 6.54 Å². The van der Waals surface area contributed by atoms with Crippen molar-refractivity contribution in [2.24, 2.45) is 17.0 Å². The molecule has 14 heavy (non-hydrogen) atoms. The van der Waals surface area contributed by atoms with Crippen LogP contribution in [0, 0.1) is 11.8 Å². The monoisotopic (exact) mass is 197 g/mol. The molecule has 0 saturated carbocycles. The molecule has 3 nitrogen and oxygen atoms in total. The molecule has 82 valence electrons. The number of hydrogen-bond acceptors (Lipinski definition) is 1. The van der Waals surface area contributed by atoms with Crippen LogP contribution in [-0.4, -0.2) is 6.54 Å². The van der Waals surface area contributed by atoms with Crippen LogP contribution in [0.1, 0.15) is 52.9 Å². The Morgan fingerprint density at radius 2 is 2.07 bits per heavy atom. The first-order valence-corrected chi connectivity index (χ1v) is 5.75. The maximum atomic E-state index is 8.24. The molecular formula is C11H23N3. The molecule has 3 heteroatoms. The first kappa shape index (κ1) is 13.3. The normalized spacial score (nSPS) is 14.5. The minimum atomic E-state index is 0.581. The lowest BCUT2D eigenvalue weighted by atomic mass is 9.90. The lowest BCUT2D eigenvalue weighted by molar-refractivity contribution is 0.364. The van der Waals surface area contributed by atoms with Gasteiger partial charge in [-0.3, -0.25) is 0 Å². The zero-order valence-corrected chi connectivity index (χ0v) is 9.74. The van der Waals surface area contributed by atoms with Crippen LogP contribution in [0.2, 0.25) is 0 Å². The van der Waals surface area contributed by atoms with Crippen molar-refractivity contribution in [2.45, 2.75) is 52.9 Å². The average Bonchev–Trinajstić information content (AvgIpc) is 2.21. The summed E-state index contributed by atoms with van der Waals surface area (Å²) in [4.78, 5) is 2.82. The van der Waals surface area contributed by atoms with Crippen LogP contribution in [0.15, 0.2) is 5.11 Å². The second-order valence-electron chi connectivity index (χ2n) is 4.17. The fourth-order valence-electron chi connectivity index (χ4n) is 1.76. The van der Waals surface area contributed by atoms with E-state index in [2.05, 4.69) is 30.8 Å². The van der Waals surface area contributed by atoms with Gasteiger partial charge in [0.2, 0.25) is 0 Å². The van der Waals surface area contributed by atoms with E-state index in [1.54, 1.807) is 0 Å². The second kappa shape index (κ2) is 8.89. The van der Waals surface area contributed by atoms with Gasteiger partial charge >= 0.3 is 0 Å². The van der Waals surface area contributed by atoms with Crippen molar-refractivity contribution in [3.05, 3.63) is 10.4 Å². The summed E-state index contributed by atoms with van der Waals surface area (Å²) in [5.41, 5.74) is 8.24. The lowest BCUT2D eigenvalue weighted by Gasteiger charge is -2.17. The topological polar surface area (TPSA) is 48.8 Å². The molecule has 0 aromatic carbocycles. The van der Waals surface area contributed by atoms with E-state index in [0.717, 1.165) is 12.3 Å². The number of azide groups is 1. The summed E-state index contributed by atoms with van der Waals surface area (Å²) in [5, 5.41) is 3.66. The molecule has 0 fully saturated rings. The lowest BCUT2D eigenvalue weighted by Crippen LogP contribution is -2.08. The zero-order chi connectivity index (χ0) is 10.8. The van der Waals surface area contributed by atoms with E-state index >= 15 is 0 Å². The van der Waals surface area contributed by atoms with Gasteiger partial charge in [0, 0.05) is 11.5 Å². The van der Waals surface area contributed by atoms with Crippen molar-refractivity contribution < 1.29 is 0 Å². The Labute approximate surface area is 87.5 Å². The van der Waals surface area contributed by atoms with E-state index in [-0.39, 0.29) is 0 Å². The number of unbranched alkanes of at least 4 members (excludes halogenated alkanes) is 1. The van der Waals surface area contributed by atoms with Gasteiger partial charge in [-0.05, 0) is 23.8 Å². The van der Waals surface area contributed by atoms with E-state index in [0.29, 0.717) is 12.5 Å². The molecule has 0 amide bonds. The standard InChI is InChI=1S/C11H23N3/c1-4-6-7-10(3)8-11(5-2)9-13-14-12/h10-11H,4-9H2,1-3H3/t10-,11-/m1/s1. The zero-order valence-electron chi connectivity index (χ0n) is 9.74. The maximum absolute atomic E-state index is 8.24. The fraction of sp³-hybridized carbons (Fsp3) is 1.00. The third kappa shape index (κ3) is 6.79. The van der Waals surface area contributed by atoms with Crippen molar-refractivity contribution in [3.8, 4) is 0 Å². The van der Waals surface area contributed by atoms with Crippen LogP contribution in [0.3, 0.4) is 0 Å². The SMILES string of the molecule is CCCC[C@@H](C)C[C@@H](CC)CN=[N+]=[N-]. The number of nitrogens with zero attached hydrogens (tertiary/aromatic N) is 3. The van der Waals surface area contributed by atoms with Gasteiger partial charge in [0.05, 0.1) is 0 Å². The van der Waals surface area contributed by atoms with Gasteiger partial charge in [0.25, 0.3) is 0 Å². The van der Waals surface area contributed by atoms with Crippen molar-refractivity contribution in [1.29, 1.82) is 0 Å². The van der Waals surface area contributed by atoms with Crippen molar-refractivity contribution in [1.82, 2.24) is 0 Å². The second-order valence-corrected chi connectivity index (χ2v) is 4.17. The number of rotatable bonds is 8. The van der Waals surface area contributed by atoms with Gasteiger partial charge in [0.15, 0.2) is 0 Å². The molecule has 0 spiro atoms. The molecule has 0 aliphatic rings. The molecule has 0 aliphatic heterocycles. The summed E-state index contributed by atoms with van der Waals surface area (Å²) in [6.07, 6.45) is 6.23. The maximum Gasteiger partial charge on any atom is 0.0286 e. The van der Waals surface area contributed by atoms with Crippen LogP contribution in [0.4, 0.5) is 0 Å². The molecule has 0 heterocycles. The molecule has 2 atom stereocenters. The number of hydrogen-bond donors (Lipinski definition) is 0. The molecule has 0 aromatic heterocycles. The van der Waals surface area contributed by atoms with Gasteiger partial charge in [-0.2, -0.15) is 0 Å². The van der Waals surface area contributed by atoms with Crippen LogP contribution in [0.25, 0.3) is 10.4 Å². The van der Waals surface area contributed by atoms with E-state index in [1.165, 1.54) is 25.7 Å². The molecule has 0 saturated heterocycles. The molecule has 0 N–H and O–H groups in total. The summed E-state index contributed by atoms with van der Waals surface area (Å²) in [7, 11) is 0. The largest absolute Gasteiger partial charge is 0.0937 e. The molecular weight excluding hydrogens is 174 g/mol. The van der Waals surface area contributed by atoms with Gasteiger partial charge in [0.1, 0.15) is 0 Å². The van der Waals surface area contributed by atoms with Crippen molar-refractivity contribution in [3.63, 3.8) is 0 Å². The minimum Gasteiger partial charge on any atom is -0.0937 e. The van der Waals surface area contributed by atoms with Crippen LogP contribution < -0.4 is 0 Å². The molecule has 0 aromatic rings. The highest BCUT2D eigenvalue weighted by atomic mass is 15.1. The van der Waals surface area contributed by atoms with Crippen LogP contribution in [-0.2, 0) is 0 Å². The van der Waals surface area contributed by atoms with Crippen LogP contribution in [0.5, 0.6) is 0 Å². The van der Waals surface area contributed by atoms with Gasteiger partial charge in [-0.15, -0.1) is 0 Å². The predicted molar refractivity (Wildman–Crippen MR) is 61.1 cm³/mol. The highest BCUT2D eigenvalue weighted by Crippen LogP contribution is 2.20. The Balaban J connectivity index is 3.72. The first-order chi connectivity index (χ1) is 6.74. The van der Waals surface area contributed by atoms with E-state index in [4.69, 9.17) is 5.53 Å². The predicted octanol–water partition coefficient (Wildman–Crippen LogP) is 4.54. The summed E-state index contributed by atoms with van der Waals surface area (Å²) >= 11 is 0. The highest BCUT2D eigenvalue weighted by Gasteiger charge is 2.10. The van der Waals surface area contributed by atoms with E-state index < -0.39 is 0 Å². The Bertz CT molecular complexity index is 173. The smallest absolute Gasteiger partial charge is 0.0286 e. The summed E-state index contributed by atoms with van der Waals surface area (Å²) in [6.45, 7) is 7.37. The average molecular weight is 197 g/mol. The molecule has 0 aliphatic carbocycles. The summed E-state index contributed by atoms with van der Waals surface area (Å²) in [6, 6.07) is 0. The Kier molecular flexibility index (Phi) is 8.45. The Hall–Kier alpha value is -0.690. The van der Waals surface area contributed by atoms with Gasteiger partial charge in [-0.25, -0.2) is 0 Å². The fourth-order valence-corrected chi connectivity index (χ4v) is 1.76. The Morgan fingerprint density at radius 1 is 1.36 bits per heavy atom. The van der Waals surface area contributed by atoms with Gasteiger partial charge in [-0.1, -0.05) is 51.6 Å². The molecule has 0 radical (unpaired) electrons. The quantitative estimate of drug-likeness (QED) is 0.311. The molecule has 0 rings (SSSR count). The van der Waals surface area contributed by atoms with Gasteiger partial charge < -0.3 is 0 Å². The van der Waals surface area contributed by atoms with E-state index in [9.17, 15) is 0 Å². The molecule has 0 unspecified atom stereocenters. The van der Waals surface area contributed by atoms with Crippen LogP contribution >= 0.6 is 0 Å². The summed E-state index contributed by atoms with van der Waals surface area (Å²) < 4.78 is 0. The van der Waals surface area contributed by atoms with E-state index in [1.807, 2.05) is 0 Å². The minimum absolute atomic E-state index is 0.581. The summed E-state index contributed by atoms with van der Waals surface area (Å²) in [5.74, 6) is 1.35.